The molecule has 0 spiro atoms. The van der Waals surface area contributed by atoms with Crippen molar-refractivity contribution in [3.8, 4) is 11.3 Å². The van der Waals surface area contributed by atoms with E-state index in [-0.39, 0.29) is 94.6 Å². The molecule has 4 unspecified atom stereocenters. The van der Waals surface area contributed by atoms with Gasteiger partial charge >= 0.3 is 51.4 Å². The van der Waals surface area contributed by atoms with Crippen molar-refractivity contribution in [3.63, 3.8) is 0 Å². The van der Waals surface area contributed by atoms with Crippen LogP contribution in [0.3, 0.4) is 0 Å². The van der Waals surface area contributed by atoms with Gasteiger partial charge in [-0.05, 0) is 17.0 Å². The summed E-state index contributed by atoms with van der Waals surface area (Å²) in [5, 5.41) is 30.6. The van der Waals surface area contributed by atoms with Gasteiger partial charge < -0.3 is 30.6 Å². The van der Waals surface area contributed by atoms with Crippen LogP contribution in [-0.2, 0) is 9.59 Å². The summed E-state index contributed by atoms with van der Waals surface area (Å²) in [5.74, 6) is -0.621. The van der Waals surface area contributed by atoms with Crippen LogP contribution in [0.25, 0.3) is 11.3 Å². The molecule has 4 atom stereocenters. The Hall–Kier alpha value is -1.07. The minimum atomic E-state index is -0.749. The predicted octanol–water partition coefficient (Wildman–Crippen LogP) is -0.860. The molecule has 0 aliphatic carbocycles. The van der Waals surface area contributed by atoms with E-state index in [0.717, 1.165) is 16.8 Å². The molecule has 33 heavy (non-hydrogen) atoms. The van der Waals surface area contributed by atoms with E-state index >= 15 is 0 Å². The van der Waals surface area contributed by atoms with Crippen LogP contribution < -0.4 is 61.8 Å². The second-order valence-electron chi connectivity index (χ2n) is 8.21. The maximum absolute atomic E-state index is 12.9. The van der Waals surface area contributed by atoms with Crippen molar-refractivity contribution in [2.75, 3.05) is 13.2 Å². The van der Waals surface area contributed by atoms with Gasteiger partial charge in [0.15, 0.2) is 0 Å². The van der Waals surface area contributed by atoms with E-state index in [1.807, 2.05) is 58.9 Å². The third-order valence-electron chi connectivity index (χ3n) is 5.83. The van der Waals surface area contributed by atoms with Crippen molar-refractivity contribution in [2.24, 2.45) is 11.8 Å². The first kappa shape index (κ1) is 30.0. The number of rotatable bonds is 7. The maximum atomic E-state index is 12.9. The van der Waals surface area contributed by atoms with Crippen molar-refractivity contribution in [2.45, 2.75) is 59.2 Å². The SMILES string of the molecule is CC.CC(C)C(C)C(=O)N1CC(O)CC1C(=O)NC(CO)c1ccc(-c2ccn[n-]2)cc1.[K+]. The van der Waals surface area contributed by atoms with Gasteiger partial charge in [-0.15, -0.1) is 5.69 Å². The third-order valence-corrected chi connectivity index (χ3v) is 5.83. The topological polar surface area (TPSA) is 117 Å². The van der Waals surface area contributed by atoms with E-state index in [2.05, 4.69) is 15.5 Å². The van der Waals surface area contributed by atoms with Crippen molar-refractivity contribution in [1.82, 2.24) is 20.4 Å². The Kier molecular flexibility index (Phi) is 13.0. The summed E-state index contributed by atoms with van der Waals surface area (Å²) < 4.78 is 0. The quantitative estimate of drug-likeness (QED) is 0.442. The summed E-state index contributed by atoms with van der Waals surface area (Å²) in [6, 6.07) is 7.78. The third kappa shape index (κ3) is 7.71. The molecular weight excluding hydrogens is 447 g/mol. The van der Waals surface area contributed by atoms with Crippen LogP contribution >= 0.6 is 0 Å². The molecule has 0 bridgehead atoms. The Labute approximate surface area is 239 Å². The molecule has 176 valence electrons. The average Bonchev–Trinajstić information content (AvgIpc) is 3.48. The molecule has 2 amide bonds. The van der Waals surface area contributed by atoms with Crippen LogP contribution in [-0.4, -0.2) is 57.3 Å². The van der Waals surface area contributed by atoms with E-state index in [9.17, 15) is 19.8 Å². The number of hydrogen-bond acceptors (Lipinski definition) is 5. The van der Waals surface area contributed by atoms with Crippen molar-refractivity contribution in [3.05, 3.63) is 42.1 Å². The fourth-order valence-corrected chi connectivity index (χ4v) is 3.63. The summed E-state index contributed by atoms with van der Waals surface area (Å²) in [6.45, 7) is 9.61. The molecule has 1 aliphatic heterocycles. The zero-order valence-electron chi connectivity index (χ0n) is 20.5. The van der Waals surface area contributed by atoms with E-state index < -0.39 is 18.2 Å². The fourth-order valence-electron chi connectivity index (χ4n) is 3.63. The first-order valence-electron chi connectivity index (χ1n) is 11.3. The number of aromatic nitrogens is 2. The number of carbonyl (C=O) groups excluding carboxylic acids is 2. The van der Waals surface area contributed by atoms with Gasteiger partial charge in [0.25, 0.3) is 0 Å². The van der Waals surface area contributed by atoms with Gasteiger partial charge in [0, 0.05) is 25.1 Å². The van der Waals surface area contributed by atoms with Gasteiger partial charge in [0.2, 0.25) is 11.8 Å². The number of β-amino-alcohol motifs (C(OH)–C–C–N with tert-alkyl or cyclic N) is 1. The molecule has 1 saturated heterocycles. The van der Waals surface area contributed by atoms with Gasteiger partial charge in [-0.1, -0.05) is 65.0 Å². The van der Waals surface area contributed by atoms with E-state index in [1.54, 1.807) is 12.3 Å². The van der Waals surface area contributed by atoms with E-state index in [4.69, 9.17) is 0 Å². The molecule has 9 heteroatoms. The number of amides is 2. The predicted molar refractivity (Wildman–Crippen MR) is 122 cm³/mol. The van der Waals surface area contributed by atoms with Gasteiger partial charge in [-0.25, -0.2) is 0 Å². The number of nitrogens with one attached hydrogen (secondary N) is 1. The van der Waals surface area contributed by atoms with Crippen molar-refractivity contribution >= 4 is 11.8 Å². The maximum Gasteiger partial charge on any atom is 1.00 e. The second-order valence-corrected chi connectivity index (χ2v) is 8.21. The first-order chi connectivity index (χ1) is 15.3. The Morgan fingerprint density at radius 1 is 1.18 bits per heavy atom. The van der Waals surface area contributed by atoms with Crippen LogP contribution in [0, 0.1) is 11.8 Å². The smallest absolute Gasteiger partial charge is 0.575 e. The largest absolute Gasteiger partial charge is 1.00 e. The molecule has 2 aromatic rings. The first-order valence-corrected chi connectivity index (χ1v) is 11.3. The molecule has 1 aliphatic rings. The monoisotopic (exact) mass is 482 g/mol. The number of benzene rings is 1. The minimum absolute atomic E-state index is 0. The normalized spacial score (nSPS) is 19.2. The van der Waals surface area contributed by atoms with Crippen molar-refractivity contribution in [1.29, 1.82) is 0 Å². The Balaban J connectivity index is 0.00000177. The van der Waals surface area contributed by atoms with Crippen LogP contribution in [0.1, 0.15) is 52.6 Å². The van der Waals surface area contributed by atoms with Gasteiger partial charge in [-0.3, -0.25) is 9.59 Å². The summed E-state index contributed by atoms with van der Waals surface area (Å²) in [6.07, 6.45) is 1.07. The number of hydrogen-bond donors (Lipinski definition) is 3. The zero-order chi connectivity index (χ0) is 23.8. The van der Waals surface area contributed by atoms with Crippen LogP contribution in [0.4, 0.5) is 0 Å². The van der Waals surface area contributed by atoms with E-state index in [0.29, 0.717) is 0 Å². The summed E-state index contributed by atoms with van der Waals surface area (Å²) >= 11 is 0. The molecule has 0 saturated carbocycles. The molecule has 1 fully saturated rings. The molecule has 8 nitrogen and oxygen atoms in total. The molecule has 1 aromatic carbocycles. The molecular formula is C24H35KN4O4. The Morgan fingerprint density at radius 2 is 1.82 bits per heavy atom. The molecule has 3 rings (SSSR count). The minimum Gasteiger partial charge on any atom is -0.575 e. The summed E-state index contributed by atoms with van der Waals surface area (Å²) in [4.78, 5) is 27.2. The standard InChI is InChI=1S/C22H30N4O4.C2H6.K/c1-13(2)14(3)22(30)26-11-17(28)10-20(26)21(29)24-19(12-27)16-6-4-15(5-7-16)18-8-9-23-25-18;1-2;/h4-9,13-14,17,19-20,27-28H,10-12H2,1-3H3,(H2,23,24,25,29);1-2H3;/q;;+1/p-1. The van der Waals surface area contributed by atoms with Crippen LogP contribution in [0.5, 0.6) is 0 Å². The number of likely N-dealkylation sites (tertiary alicyclic amines) is 1. The summed E-state index contributed by atoms with van der Waals surface area (Å²) in [7, 11) is 0. The average molecular weight is 483 g/mol. The zero-order valence-corrected chi connectivity index (χ0v) is 23.6. The molecule has 0 radical (unpaired) electrons. The number of aliphatic hydroxyl groups is 2. The molecule has 1 aromatic heterocycles. The Morgan fingerprint density at radius 3 is 2.33 bits per heavy atom. The van der Waals surface area contributed by atoms with Crippen LogP contribution in [0.2, 0.25) is 0 Å². The molecule has 2 heterocycles. The van der Waals surface area contributed by atoms with Gasteiger partial charge in [0.05, 0.1) is 18.8 Å². The van der Waals surface area contributed by atoms with Crippen molar-refractivity contribution < 1.29 is 71.2 Å². The number of aliphatic hydroxyl groups excluding tert-OH is 2. The number of nitrogens with zero attached hydrogens (tertiary/aromatic N) is 3. The number of carbonyl (C=O) groups is 2. The Bertz CT molecular complexity index is 858. The summed E-state index contributed by atoms with van der Waals surface area (Å²) in [5.41, 5.74) is 2.37. The van der Waals surface area contributed by atoms with E-state index in [1.165, 1.54) is 4.90 Å². The molecule has 3 N–H and O–H groups in total. The van der Waals surface area contributed by atoms with Gasteiger partial charge in [0.1, 0.15) is 6.04 Å². The fraction of sp³-hybridized carbons (Fsp3) is 0.542. The second kappa shape index (κ2) is 14.4. The van der Waals surface area contributed by atoms with Crippen LogP contribution in [0.15, 0.2) is 36.5 Å². The van der Waals surface area contributed by atoms with Gasteiger partial charge in [-0.2, -0.15) is 0 Å².